The van der Waals surface area contributed by atoms with E-state index in [4.69, 9.17) is 11.6 Å². The Balaban J connectivity index is 1.91. The number of nitrogens with one attached hydrogen (secondary N) is 2. The summed E-state index contributed by atoms with van der Waals surface area (Å²) in [5.74, 6) is -1.63. The molecule has 128 valence electrons. The molecule has 0 aliphatic heterocycles. The SMILES string of the molecule is O=C(CNC(=O)c1ccn(-c2cccc(Cl)c2)n1)NCC(F)(F)F. The highest BCUT2D eigenvalue weighted by atomic mass is 35.5. The molecule has 0 radical (unpaired) electrons. The maximum atomic E-state index is 11.9. The minimum absolute atomic E-state index is 0.0126. The summed E-state index contributed by atoms with van der Waals surface area (Å²) in [6.07, 6.45) is -2.99. The van der Waals surface area contributed by atoms with Gasteiger partial charge in [0.1, 0.15) is 6.54 Å². The third kappa shape index (κ3) is 5.27. The van der Waals surface area contributed by atoms with Gasteiger partial charge in [0.05, 0.1) is 12.2 Å². The van der Waals surface area contributed by atoms with Crippen molar-refractivity contribution in [2.45, 2.75) is 6.18 Å². The van der Waals surface area contributed by atoms with Crippen molar-refractivity contribution in [3.8, 4) is 5.69 Å². The molecule has 6 nitrogen and oxygen atoms in total. The van der Waals surface area contributed by atoms with Gasteiger partial charge in [0.15, 0.2) is 5.69 Å². The van der Waals surface area contributed by atoms with Crippen LogP contribution in [0.3, 0.4) is 0 Å². The molecule has 2 rings (SSSR count). The summed E-state index contributed by atoms with van der Waals surface area (Å²) >= 11 is 5.87. The van der Waals surface area contributed by atoms with Gasteiger partial charge < -0.3 is 10.6 Å². The van der Waals surface area contributed by atoms with Crippen molar-refractivity contribution in [3.05, 3.63) is 47.2 Å². The Labute approximate surface area is 139 Å². The molecule has 24 heavy (non-hydrogen) atoms. The van der Waals surface area contributed by atoms with Gasteiger partial charge in [-0.2, -0.15) is 18.3 Å². The van der Waals surface area contributed by atoms with Crippen molar-refractivity contribution in [2.24, 2.45) is 0 Å². The Morgan fingerprint density at radius 3 is 2.62 bits per heavy atom. The van der Waals surface area contributed by atoms with Gasteiger partial charge in [-0.05, 0) is 24.3 Å². The van der Waals surface area contributed by atoms with Crippen LogP contribution in [0.4, 0.5) is 13.2 Å². The molecule has 0 unspecified atom stereocenters. The van der Waals surface area contributed by atoms with Crippen molar-refractivity contribution < 1.29 is 22.8 Å². The molecular weight excluding hydrogens is 349 g/mol. The van der Waals surface area contributed by atoms with Gasteiger partial charge in [-0.3, -0.25) is 9.59 Å². The van der Waals surface area contributed by atoms with Gasteiger partial charge in [-0.1, -0.05) is 17.7 Å². The number of nitrogens with zero attached hydrogens (tertiary/aromatic N) is 2. The van der Waals surface area contributed by atoms with Crippen LogP contribution in [0.1, 0.15) is 10.5 Å². The molecule has 1 aromatic carbocycles. The zero-order valence-electron chi connectivity index (χ0n) is 12.1. The quantitative estimate of drug-likeness (QED) is 0.855. The van der Waals surface area contributed by atoms with E-state index < -0.39 is 31.1 Å². The summed E-state index contributed by atoms with van der Waals surface area (Å²) in [7, 11) is 0. The average molecular weight is 361 g/mol. The number of hydrogen-bond acceptors (Lipinski definition) is 3. The molecular formula is C14H12ClF3N4O2. The van der Waals surface area contributed by atoms with Crippen LogP contribution in [0.5, 0.6) is 0 Å². The lowest BCUT2D eigenvalue weighted by Crippen LogP contribution is -2.41. The molecule has 1 heterocycles. The molecule has 0 aliphatic carbocycles. The second-order valence-corrected chi connectivity index (χ2v) is 5.14. The molecule has 0 bridgehead atoms. The smallest absolute Gasteiger partial charge is 0.345 e. The van der Waals surface area contributed by atoms with Crippen LogP contribution in [0.2, 0.25) is 5.02 Å². The second kappa shape index (κ2) is 7.35. The van der Waals surface area contributed by atoms with Crippen molar-refractivity contribution in [1.29, 1.82) is 0 Å². The predicted molar refractivity (Wildman–Crippen MR) is 80.0 cm³/mol. The molecule has 0 atom stereocenters. The average Bonchev–Trinajstić information content (AvgIpc) is 3.00. The second-order valence-electron chi connectivity index (χ2n) is 4.70. The minimum atomic E-state index is -4.50. The molecule has 1 aromatic heterocycles. The summed E-state index contributed by atoms with van der Waals surface area (Å²) in [5, 5.41) is 8.35. The number of carbonyl (C=O) groups excluding carboxylic acids is 2. The molecule has 0 aliphatic rings. The van der Waals surface area contributed by atoms with Gasteiger partial charge in [-0.25, -0.2) is 4.68 Å². The molecule has 0 saturated heterocycles. The molecule has 2 amide bonds. The lowest BCUT2D eigenvalue weighted by atomic mass is 10.3. The highest BCUT2D eigenvalue weighted by Gasteiger charge is 2.27. The Bertz CT molecular complexity index is 746. The van der Waals surface area contributed by atoms with Gasteiger partial charge in [-0.15, -0.1) is 0 Å². The first-order valence-corrected chi connectivity index (χ1v) is 7.06. The molecule has 2 aromatic rings. The lowest BCUT2D eigenvalue weighted by Gasteiger charge is -2.08. The summed E-state index contributed by atoms with van der Waals surface area (Å²) in [5.41, 5.74) is 0.642. The van der Waals surface area contributed by atoms with E-state index in [1.54, 1.807) is 29.6 Å². The van der Waals surface area contributed by atoms with Crippen LogP contribution in [0.25, 0.3) is 5.69 Å². The maximum Gasteiger partial charge on any atom is 0.405 e. The molecule has 0 spiro atoms. The van der Waals surface area contributed by atoms with Gasteiger partial charge in [0.2, 0.25) is 5.91 Å². The Kier molecular flexibility index (Phi) is 5.45. The van der Waals surface area contributed by atoms with E-state index in [1.807, 2.05) is 0 Å². The van der Waals surface area contributed by atoms with Crippen LogP contribution < -0.4 is 10.6 Å². The third-order valence-corrected chi connectivity index (χ3v) is 3.03. The number of amides is 2. The van der Waals surface area contributed by atoms with Crippen molar-refractivity contribution in [3.63, 3.8) is 0 Å². The largest absolute Gasteiger partial charge is 0.405 e. The Hall–Kier alpha value is -2.55. The van der Waals surface area contributed by atoms with Crippen LogP contribution in [0.15, 0.2) is 36.5 Å². The third-order valence-electron chi connectivity index (χ3n) is 2.79. The summed E-state index contributed by atoms with van der Waals surface area (Å²) < 4.78 is 37.3. The van der Waals surface area contributed by atoms with Crippen molar-refractivity contribution in [2.75, 3.05) is 13.1 Å². The normalized spacial score (nSPS) is 11.2. The Morgan fingerprint density at radius 1 is 1.21 bits per heavy atom. The number of benzene rings is 1. The zero-order chi connectivity index (χ0) is 17.7. The maximum absolute atomic E-state index is 11.9. The molecule has 10 heteroatoms. The lowest BCUT2D eigenvalue weighted by molar-refractivity contribution is -0.137. The van der Waals surface area contributed by atoms with E-state index in [-0.39, 0.29) is 5.69 Å². The first-order chi connectivity index (χ1) is 11.2. The number of aromatic nitrogens is 2. The summed E-state index contributed by atoms with van der Waals surface area (Å²) in [6.45, 7) is -2.04. The number of halogens is 4. The fraction of sp³-hybridized carbons (Fsp3) is 0.214. The first kappa shape index (κ1) is 17.8. The van der Waals surface area contributed by atoms with Crippen LogP contribution >= 0.6 is 11.6 Å². The van der Waals surface area contributed by atoms with Gasteiger partial charge in [0, 0.05) is 11.2 Å². The highest BCUT2D eigenvalue weighted by molar-refractivity contribution is 6.30. The zero-order valence-corrected chi connectivity index (χ0v) is 12.9. The minimum Gasteiger partial charge on any atom is -0.345 e. The summed E-state index contributed by atoms with van der Waals surface area (Å²) in [6, 6.07) is 8.17. The van der Waals surface area contributed by atoms with E-state index in [2.05, 4.69) is 10.4 Å². The number of alkyl halides is 3. The van der Waals surface area contributed by atoms with E-state index in [0.29, 0.717) is 10.7 Å². The molecule has 2 N–H and O–H groups in total. The van der Waals surface area contributed by atoms with Crippen molar-refractivity contribution >= 4 is 23.4 Å². The van der Waals surface area contributed by atoms with E-state index in [0.717, 1.165) is 0 Å². The monoisotopic (exact) mass is 360 g/mol. The first-order valence-electron chi connectivity index (χ1n) is 6.68. The van der Waals surface area contributed by atoms with E-state index >= 15 is 0 Å². The van der Waals surface area contributed by atoms with Gasteiger partial charge >= 0.3 is 6.18 Å². The van der Waals surface area contributed by atoms with Gasteiger partial charge in [0.25, 0.3) is 5.91 Å². The summed E-state index contributed by atoms with van der Waals surface area (Å²) in [4.78, 5) is 23.1. The van der Waals surface area contributed by atoms with Crippen LogP contribution in [0, 0.1) is 0 Å². The molecule has 0 fully saturated rings. The standard InChI is InChI=1S/C14H12ClF3N4O2/c15-9-2-1-3-10(6-9)22-5-4-11(21-22)13(24)19-7-12(23)20-8-14(16,17)18/h1-6H,7-8H2,(H,19,24)(H,20,23). The number of carbonyl (C=O) groups is 2. The van der Waals surface area contributed by atoms with E-state index in [1.165, 1.54) is 16.9 Å². The van der Waals surface area contributed by atoms with E-state index in [9.17, 15) is 22.8 Å². The fourth-order valence-electron chi connectivity index (χ4n) is 1.72. The molecule has 0 saturated carbocycles. The van der Waals surface area contributed by atoms with Crippen LogP contribution in [-0.4, -0.2) is 40.9 Å². The number of hydrogen-bond donors (Lipinski definition) is 2. The fourth-order valence-corrected chi connectivity index (χ4v) is 1.90. The highest BCUT2D eigenvalue weighted by Crippen LogP contribution is 2.14. The Morgan fingerprint density at radius 2 is 1.96 bits per heavy atom. The predicted octanol–water partition coefficient (Wildman–Crippen LogP) is 1.93. The number of rotatable bonds is 5. The van der Waals surface area contributed by atoms with Crippen LogP contribution in [-0.2, 0) is 4.79 Å². The topological polar surface area (TPSA) is 76.0 Å². The van der Waals surface area contributed by atoms with Crippen molar-refractivity contribution in [1.82, 2.24) is 20.4 Å².